The predicted octanol–water partition coefficient (Wildman–Crippen LogP) is 6.89. The van der Waals surface area contributed by atoms with Gasteiger partial charge in [0.15, 0.2) is 0 Å². The molecule has 0 aliphatic heterocycles. The van der Waals surface area contributed by atoms with Gasteiger partial charge in [0.2, 0.25) is 5.91 Å². The van der Waals surface area contributed by atoms with Crippen molar-refractivity contribution >= 4 is 34.1 Å². The largest absolute Gasteiger partial charge is 0.326 e. The Balaban J connectivity index is 1.27. The van der Waals surface area contributed by atoms with Gasteiger partial charge in [0, 0.05) is 28.2 Å². The Morgan fingerprint density at radius 3 is 2.65 bits per heavy atom. The fourth-order valence-electron chi connectivity index (χ4n) is 5.39. The number of anilines is 1. The van der Waals surface area contributed by atoms with Gasteiger partial charge in [0.25, 0.3) is 0 Å². The van der Waals surface area contributed by atoms with Crippen LogP contribution in [0.1, 0.15) is 56.1 Å². The smallest absolute Gasteiger partial charge is 0.228 e. The van der Waals surface area contributed by atoms with Gasteiger partial charge >= 0.3 is 0 Å². The number of aryl methyl sites for hydroxylation is 1. The third kappa shape index (κ3) is 3.82. The number of hydrogen-bond acceptors (Lipinski definition) is 2. The first-order valence-electron chi connectivity index (χ1n) is 11.1. The molecule has 2 aliphatic rings. The number of halogens is 2. The van der Waals surface area contributed by atoms with Gasteiger partial charge in [0.1, 0.15) is 5.82 Å². The Morgan fingerprint density at radius 1 is 1.19 bits per heavy atom. The van der Waals surface area contributed by atoms with Gasteiger partial charge in [-0.3, -0.25) is 9.78 Å². The minimum atomic E-state index is -0.141. The highest BCUT2D eigenvalue weighted by atomic mass is 35.5. The SMILES string of the molecule is CCc1cc2nccc(C3CCC4(CC3)CC4C(=O)Nc3ccc(Cl)cc3)c2cc1F. The van der Waals surface area contributed by atoms with Crippen molar-refractivity contribution in [3.63, 3.8) is 0 Å². The predicted molar refractivity (Wildman–Crippen MR) is 123 cm³/mol. The van der Waals surface area contributed by atoms with Crippen molar-refractivity contribution in [2.45, 2.75) is 51.4 Å². The number of pyridine rings is 1. The van der Waals surface area contributed by atoms with E-state index in [1.54, 1.807) is 18.2 Å². The Morgan fingerprint density at radius 2 is 1.94 bits per heavy atom. The van der Waals surface area contributed by atoms with E-state index < -0.39 is 0 Å². The van der Waals surface area contributed by atoms with E-state index in [4.69, 9.17) is 11.6 Å². The van der Waals surface area contributed by atoms with E-state index in [0.717, 1.165) is 48.7 Å². The molecule has 160 valence electrons. The van der Waals surface area contributed by atoms with Crippen LogP contribution in [0.3, 0.4) is 0 Å². The summed E-state index contributed by atoms with van der Waals surface area (Å²) in [5.41, 5.74) is 3.72. The minimum absolute atomic E-state index is 0.0860. The fourth-order valence-corrected chi connectivity index (χ4v) is 5.52. The summed E-state index contributed by atoms with van der Waals surface area (Å²) in [5, 5.41) is 4.64. The molecule has 2 saturated carbocycles. The summed E-state index contributed by atoms with van der Waals surface area (Å²) < 4.78 is 14.5. The average molecular weight is 437 g/mol. The molecule has 3 nitrogen and oxygen atoms in total. The van der Waals surface area contributed by atoms with Crippen LogP contribution < -0.4 is 5.32 Å². The van der Waals surface area contributed by atoms with Crippen molar-refractivity contribution in [3.8, 4) is 0 Å². The van der Waals surface area contributed by atoms with Crippen LogP contribution in [0.4, 0.5) is 10.1 Å². The van der Waals surface area contributed by atoms with Crippen LogP contribution in [-0.4, -0.2) is 10.9 Å². The minimum Gasteiger partial charge on any atom is -0.326 e. The number of nitrogens with zero attached hydrogens (tertiary/aromatic N) is 1. The maximum absolute atomic E-state index is 14.5. The highest BCUT2D eigenvalue weighted by molar-refractivity contribution is 6.30. The lowest BCUT2D eigenvalue weighted by Crippen LogP contribution is -2.22. The first-order valence-corrected chi connectivity index (χ1v) is 11.5. The standard InChI is InChI=1S/C26H26ClFN2O/c1-2-16-13-24-21(14-23(16)28)20(9-12-29-24)17-7-10-26(11-8-17)15-22(26)25(31)30-19-5-3-18(27)4-6-19/h3-6,9,12-14,17,22H,2,7-8,10-11,15H2,1H3,(H,30,31). The molecular weight excluding hydrogens is 411 g/mol. The number of nitrogens with one attached hydrogen (secondary N) is 1. The van der Waals surface area contributed by atoms with E-state index >= 15 is 0 Å². The molecule has 5 rings (SSSR count). The van der Waals surface area contributed by atoms with Gasteiger partial charge in [-0.25, -0.2) is 4.39 Å². The van der Waals surface area contributed by atoms with E-state index in [0.29, 0.717) is 22.9 Å². The maximum Gasteiger partial charge on any atom is 0.228 e. The Labute approximate surface area is 187 Å². The maximum atomic E-state index is 14.5. The molecule has 31 heavy (non-hydrogen) atoms. The molecule has 0 bridgehead atoms. The summed E-state index contributed by atoms with van der Waals surface area (Å²) in [4.78, 5) is 17.2. The molecule has 5 heteroatoms. The van der Waals surface area contributed by atoms with Crippen molar-refractivity contribution in [1.29, 1.82) is 0 Å². The molecule has 1 atom stereocenters. The number of carbonyl (C=O) groups is 1. The molecule has 3 aromatic rings. The number of amides is 1. The van der Waals surface area contributed by atoms with Gasteiger partial charge in [-0.15, -0.1) is 0 Å². The average Bonchev–Trinajstić information content (AvgIpc) is 3.48. The van der Waals surface area contributed by atoms with Crippen molar-refractivity contribution < 1.29 is 9.18 Å². The number of rotatable bonds is 4. The van der Waals surface area contributed by atoms with Crippen molar-refractivity contribution in [2.24, 2.45) is 11.3 Å². The summed E-state index contributed by atoms with van der Waals surface area (Å²) >= 11 is 5.93. The fraction of sp³-hybridized carbons (Fsp3) is 0.385. The third-order valence-electron chi connectivity index (χ3n) is 7.36. The molecule has 0 saturated heterocycles. The van der Waals surface area contributed by atoms with Crippen molar-refractivity contribution in [2.75, 3.05) is 5.32 Å². The zero-order valence-corrected chi connectivity index (χ0v) is 18.4. The lowest BCUT2D eigenvalue weighted by molar-refractivity contribution is -0.118. The van der Waals surface area contributed by atoms with Crippen LogP contribution in [0.25, 0.3) is 10.9 Å². The molecule has 1 heterocycles. The van der Waals surface area contributed by atoms with Gasteiger partial charge in [-0.05, 0) is 103 Å². The van der Waals surface area contributed by atoms with Gasteiger partial charge in [-0.2, -0.15) is 0 Å². The number of aromatic nitrogens is 1. The quantitative estimate of drug-likeness (QED) is 0.483. The van der Waals surface area contributed by atoms with Gasteiger partial charge < -0.3 is 5.32 Å². The normalized spacial score (nSPS) is 25.0. The number of fused-ring (bicyclic) bond motifs is 1. The second kappa shape index (κ2) is 7.90. The van der Waals surface area contributed by atoms with Crippen LogP contribution in [-0.2, 0) is 11.2 Å². The topological polar surface area (TPSA) is 42.0 Å². The Bertz CT molecular complexity index is 1140. The molecule has 2 aromatic carbocycles. The van der Waals surface area contributed by atoms with Crippen LogP contribution in [0, 0.1) is 17.2 Å². The summed E-state index contributed by atoms with van der Waals surface area (Å²) in [7, 11) is 0. The molecule has 1 aromatic heterocycles. The Kier molecular flexibility index (Phi) is 5.21. The zero-order chi connectivity index (χ0) is 21.6. The number of benzene rings is 2. The molecule has 2 fully saturated rings. The lowest BCUT2D eigenvalue weighted by Gasteiger charge is -2.30. The van der Waals surface area contributed by atoms with E-state index in [9.17, 15) is 9.18 Å². The molecule has 2 aliphatic carbocycles. The highest BCUT2D eigenvalue weighted by Crippen LogP contribution is 2.63. The number of carbonyl (C=O) groups excluding carboxylic acids is 1. The van der Waals surface area contributed by atoms with Gasteiger partial charge in [-0.1, -0.05) is 18.5 Å². The zero-order valence-electron chi connectivity index (χ0n) is 17.6. The lowest BCUT2D eigenvalue weighted by atomic mass is 9.75. The van der Waals surface area contributed by atoms with E-state index in [-0.39, 0.29) is 23.1 Å². The summed E-state index contributed by atoms with van der Waals surface area (Å²) in [6, 6.07) is 12.9. The first-order chi connectivity index (χ1) is 15.0. The third-order valence-corrected chi connectivity index (χ3v) is 7.62. The van der Waals surface area contributed by atoms with Crippen molar-refractivity contribution in [3.05, 3.63) is 70.6 Å². The summed E-state index contributed by atoms with van der Waals surface area (Å²) in [6.45, 7) is 1.96. The first kappa shape index (κ1) is 20.4. The molecule has 1 spiro atoms. The van der Waals surface area contributed by atoms with Gasteiger partial charge in [0.05, 0.1) is 5.52 Å². The van der Waals surface area contributed by atoms with Crippen molar-refractivity contribution in [1.82, 2.24) is 4.98 Å². The molecular formula is C26H26ClFN2O. The van der Waals surface area contributed by atoms with Crippen LogP contribution in [0.5, 0.6) is 0 Å². The second-order valence-electron chi connectivity index (χ2n) is 9.10. The van der Waals surface area contributed by atoms with E-state index in [1.165, 1.54) is 5.56 Å². The molecule has 1 amide bonds. The summed E-state index contributed by atoms with van der Waals surface area (Å²) in [5.74, 6) is 0.452. The number of hydrogen-bond donors (Lipinski definition) is 1. The highest BCUT2D eigenvalue weighted by Gasteiger charge is 2.58. The van der Waals surface area contributed by atoms with E-state index in [1.807, 2.05) is 37.4 Å². The molecule has 1 unspecified atom stereocenters. The second-order valence-corrected chi connectivity index (χ2v) is 9.54. The molecule has 1 N–H and O–H groups in total. The van der Waals surface area contributed by atoms with Crippen LogP contribution in [0.2, 0.25) is 5.02 Å². The van der Waals surface area contributed by atoms with Crippen LogP contribution >= 0.6 is 11.6 Å². The Hall–Kier alpha value is -2.46. The monoisotopic (exact) mass is 436 g/mol. The summed E-state index contributed by atoms with van der Waals surface area (Å²) in [6.07, 6.45) is 7.61. The van der Waals surface area contributed by atoms with E-state index in [2.05, 4.69) is 10.3 Å². The molecule has 0 radical (unpaired) electrons. The van der Waals surface area contributed by atoms with Crippen LogP contribution in [0.15, 0.2) is 48.7 Å².